The third-order valence-electron chi connectivity index (χ3n) is 14.5. The van der Waals surface area contributed by atoms with E-state index in [2.05, 4.69) is 198 Å². The van der Waals surface area contributed by atoms with E-state index in [1.165, 1.54) is 33.4 Å². The number of benzene rings is 7. The monoisotopic (exact) mass is 858 g/mol. The molecule has 0 fully saturated rings. The molecule has 0 aliphatic carbocycles. The molecule has 0 saturated heterocycles. The quantitative estimate of drug-likeness (QED) is 0.156. The van der Waals surface area contributed by atoms with Gasteiger partial charge < -0.3 is 8.83 Å². The molecule has 6 heterocycles. The number of pyridine rings is 2. The highest BCUT2D eigenvalue weighted by molar-refractivity contribution is 6.30. The van der Waals surface area contributed by atoms with Gasteiger partial charge in [0.1, 0.15) is 33.6 Å². The molecule has 6 heteroatoms. The van der Waals surface area contributed by atoms with Crippen molar-refractivity contribution in [3.8, 4) is 22.5 Å². The summed E-state index contributed by atoms with van der Waals surface area (Å²) in [4.78, 5) is 10.6. The van der Waals surface area contributed by atoms with E-state index in [0.29, 0.717) is 23.7 Å². The van der Waals surface area contributed by atoms with Gasteiger partial charge in [-0.15, -0.1) is 0 Å². The van der Waals surface area contributed by atoms with Gasteiger partial charge in [-0.3, -0.25) is 8.80 Å². The fourth-order valence-electron chi connectivity index (χ4n) is 11.5. The zero-order valence-corrected chi connectivity index (χ0v) is 38.6. The minimum absolute atomic E-state index is 0.349. The lowest BCUT2D eigenvalue weighted by molar-refractivity contribution is 0.663. The van der Waals surface area contributed by atoms with Crippen LogP contribution in [0, 0.1) is 0 Å². The number of hydrogen-bond donors (Lipinski definition) is 0. The molecule has 0 saturated carbocycles. The van der Waals surface area contributed by atoms with Crippen molar-refractivity contribution in [2.75, 3.05) is 0 Å². The Labute approximate surface area is 382 Å². The first kappa shape index (κ1) is 39.0. The van der Waals surface area contributed by atoms with Gasteiger partial charge in [0.25, 0.3) is 0 Å². The van der Waals surface area contributed by atoms with Crippen LogP contribution in [-0.2, 0) is 0 Å². The highest BCUT2D eigenvalue weighted by Gasteiger charge is 2.26. The topological polar surface area (TPSA) is 60.9 Å². The van der Waals surface area contributed by atoms with Crippen molar-refractivity contribution in [2.24, 2.45) is 0 Å². The van der Waals surface area contributed by atoms with Gasteiger partial charge in [-0.1, -0.05) is 128 Å². The van der Waals surface area contributed by atoms with Gasteiger partial charge in [0, 0.05) is 54.2 Å². The predicted molar refractivity (Wildman–Crippen MR) is 276 cm³/mol. The molecule has 66 heavy (non-hydrogen) atoms. The summed E-state index contributed by atoms with van der Waals surface area (Å²) in [5.41, 5.74) is 17.6. The molecule has 13 aromatic rings. The van der Waals surface area contributed by atoms with Crippen LogP contribution in [0.25, 0.3) is 121 Å². The van der Waals surface area contributed by atoms with Gasteiger partial charge in [-0.25, -0.2) is 9.97 Å². The Morgan fingerprint density at radius 2 is 0.742 bits per heavy atom. The van der Waals surface area contributed by atoms with Crippen molar-refractivity contribution in [1.82, 2.24) is 18.8 Å². The van der Waals surface area contributed by atoms with Crippen molar-refractivity contribution in [3.05, 3.63) is 156 Å². The summed E-state index contributed by atoms with van der Waals surface area (Å²) >= 11 is 0. The third kappa shape index (κ3) is 5.30. The normalized spacial score (nSPS) is 12.8. The smallest absolute Gasteiger partial charge is 0.145 e. The Morgan fingerprint density at radius 1 is 0.364 bits per heavy atom. The molecule has 0 N–H and O–H groups in total. The predicted octanol–water partition coefficient (Wildman–Crippen LogP) is 17.2. The molecule has 6 nitrogen and oxygen atoms in total. The van der Waals surface area contributed by atoms with Crippen LogP contribution in [0.3, 0.4) is 0 Å². The van der Waals surface area contributed by atoms with Gasteiger partial charge in [-0.05, 0) is 105 Å². The summed E-state index contributed by atoms with van der Waals surface area (Å²) < 4.78 is 18.5. The van der Waals surface area contributed by atoms with Crippen molar-refractivity contribution < 1.29 is 8.83 Å². The minimum atomic E-state index is 0.349. The van der Waals surface area contributed by atoms with E-state index >= 15 is 0 Å². The van der Waals surface area contributed by atoms with Crippen LogP contribution < -0.4 is 0 Å². The number of fused-ring (bicyclic) bond motifs is 19. The summed E-state index contributed by atoms with van der Waals surface area (Å²) in [7, 11) is 0. The Bertz CT molecular complexity index is 3870. The fraction of sp³-hybridized carbons (Fsp3) is 0.200. The lowest BCUT2D eigenvalue weighted by Crippen LogP contribution is -2.02. The van der Waals surface area contributed by atoms with Crippen molar-refractivity contribution >= 4 is 98.5 Å². The maximum atomic E-state index is 6.85. The molecule has 0 bridgehead atoms. The Balaban J connectivity index is 1.12. The second-order valence-electron chi connectivity index (χ2n) is 19.7. The molecule has 7 aromatic carbocycles. The molecule has 13 rings (SSSR count). The van der Waals surface area contributed by atoms with Crippen LogP contribution in [0.4, 0.5) is 0 Å². The second kappa shape index (κ2) is 14.0. The van der Waals surface area contributed by atoms with Crippen LogP contribution in [0.1, 0.15) is 101 Å². The molecule has 0 aliphatic rings. The number of imidazole rings is 2. The van der Waals surface area contributed by atoms with Crippen molar-refractivity contribution in [3.63, 3.8) is 0 Å². The maximum Gasteiger partial charge on any atom is 0.145 e. The van der Waals surface area contributed by atoms with Crippen LogP contribution in [0.15, 0.2) is 143 Å². The second-order valence-corrected chi connectivity index (χ2v) is 19.7. The van der Waals surface area contributed by atoms with Crippen molar-refractivity contribution in [1.29, 1.82) is 0 Å². The minimum Gasteiger partial charge on any atom is -0.456 e. The molecular formula is C60H50N4O2. The zero-order valence-electron chi connectivity index (χ0n) is 38.6. The van der Waals surface area contributed by atoms with Gasteiger partial charge in [0.2, 0.25) is 0 Å². The van der Waals surface area contributed by atoms with E-state index < -0.39 is 0 Å². The summed E-state index contributed by atoms with van der Waals surface area (Å²) in [5.74, 6) is 1.40. The molecule has 6 aromatic heterocycles. The number of nitrogens with zero attached hydrogens (tertiary/aromatic N) is 4. The van der Waals surface area contributed by atoms with Gasteiger partial charge >= 0.3 is 0 Å². The van der Waals surface area contributed by atoms with Crippen LogP contribution in [-0.4, -0.2) is 18.8 Å². The van der Waals surface area contributed by atoms with Crippen molar-refractivity contribution in [2.45, 2.75) is 79.1 Å². The summed E-state index contributed by atoms with van der Waals surface area (Å²) in [6.07, 6.45) is 4.19. The molecule has 0 aliphatic heterocycles. The number of hydrogen-bond acceptors (Lipinski definition) is 4. The van der Waals surface area contributed by atoms with Crippen LogP contribution >= 0.6 is 0 Å². The largest absolute Gasteiger partial charge is 0.456 e. The van der Waals surface area contributed by atoms with Crippen LogP contribution in [0.5, 0.6) is 0 Å². The van der Waals surface area contributed by atoms with Gasteiger partial charge in [0.15, 0.2) is 0 Å². The van der Waals surface area contributed by atoms with E-state index in [-0.39, 0.29) is 0 Å². The maximum absolute atomic E-state index is 6.85. The van der Waals surface area contributed by atoms with Gasteiger partial charge in [-0.2, -0.15) is 0 Å². The highest BCUT2D eigenvalue weighted by atomic mass is 16.3. The van der Waals surface area contributed by atoms with E-state index in [9.17, 15) is 0 Å². The molecule has 0 atom stereocenters. The SMILES string of the molecule is CC(C)c1cccc(C(C)C)c1-c1cnc2c3cc4c(cc3c3ccccc3n12)oc1ccc2oc3cc5c6ccccc6n6c(-c7c(C(C)C)cccc7C(C)C)cnc6c5cc3c2c14. The average molecular weight is 859 g/mol. The van der Waals surface area contributed by atoms with E-state index in [0.717, 1.165) is 110 Å². The molecular weight excluding hydrogens is 809 g/mol. The standard InChI is InChI=1S/C60H50N4O2/c1-31(2)35-17-13-18-36(32(3)4)55(35)49-29-61-59-43-25-45-53(27-41(43)39-15-9-11-21-47(39)63(49)59)65-51-23-24-52-58(57(45)51)46-26-44-42(28-54(46)66-52)40-16-10-12-22-48(40)64-50(30-62-60(44)64)56-37(33(5)6)19-14-20-38(56)34(7)8/h9-34H,1-8H3. The molecule has 322 valence electrons. The third-order valence-corrected chi connectivity index (χ3v) is 14.5. The van der Waals surface area contributed by atoms with E-state index in [1.54, 1.807) is 0 Å². The summed E-state index contributed by atoms with van der Waals surface area (Å²) in [6.45, 7) is 18.3. The zero-order chi connectivity index (χ0) is 44.9. The highest BCUT2D eigenvalue weighted by Crippen LogP contribution is 2.47. The number of rotatable bonds is 6. The van der Waals surface area contributed by atoms with Gasteiger partial charge in [0.05, 0.1) is 34.8 Å². The van der Waals surface area contributed by atoms with E-state index in [1.807, 2.05) is 0 Å². The Kier molecular flexibility index (Phi) is 8.28. The Morgan fingerprint density at radius 3 is 1.12 bits per heavy atom. The molecule has 0 spiro atoms. The average Bonchev–Trinajstić information content (AvgIpc) is 4.12. The number of aromatic nitrogens is 4. The fourth-order valence-corrected chi connectivity index (χ4v) is 11.5. The lowest BCUT2D eigenvalue weighted by Gasteiger charge is -2.20. The van der Waals surface area contributed by atoms with E-state index in [4.69, 9.17) is 18.8 Å². The summed E-state index contributed by atoms with van der Waals surface area (Å²) in [6, 6.07) is 44.2. The molecule has 0 unspecified atom stereocenters. The molecule has 0 radical (unpaired) electrons. The first-order chi connectivity index (χ1) is 32.1. The number of para-hydroxylation sites is 2. The van der Waals surface area contributed by atoms with Crippen LogP contribution in [0.2, 0.25) is 0 Å². The lowest BCUT2D eigenvalue weighted by atomic mass is 9.87. The number of furan rings is 2. The summed E-state index contributed by atoms with van der Waals surface area (Å²) in [5, 5.41) is 10.9. The first-order valence-electron chi connectivity index (χ1n) is 23.6. The first-order valence-corrected chi connectivity index (χ1v) is 23.6. The molecule has 0 amide bonds. The Hall–Kier alpha value is -7.44.